The van der Waals surface area contributed by atoms with Crippen LogP contribution in [0.3, 0.4) is 0 Å². The van der Waals surface area contributed by atoms with Gasteiger partial charge in [-0.1, -0.05) is 225 Å². The third kappa shape index (κ3) is 8.61. The molecule has 474 valence electrons. The monoisotopic (exact) mass is 1270 g/mol. The molecule has 17 rings (SSSR count). The molecule has 2 atom stereocenters. The van der Waals surface area contributed by atoms with Crippen molar-refractivity contribution in [2.45, 2.75) is 108 Å². The summed E-state index contributed by atoms with van der Waals surface area (Å²) in [6.45, 7) is 17.8. The zero-order valence-corrected chi connectivity index (χ0v) is 55.4. The van der Waals surface area contributed by atoms with Crippen LogP contribution in [0.5, 0.6) is 0 Å². The second-order valence-electron chi connectivity index (χ2n) is 30.3. The molecule has 0 heterocycles. The molecule has 0 aromatic heterocycles. The highest BCUT2D eigenvalue weighted by Gasteiger charge is 2.52. The Morgan fingerprint density at radius 2 is 0.557 bits per heavy atom. The minimum Gasteiger partial charge on any atom is -0.481 e. The number of carbonyl (C=O) groups is 4. The van der Waals surface area contributed by atoms with Gasteiger partial charge in [0.05, 0.1) is 0 Å². The van der Waals surface area contributed by atoms with Gasteiger partial charge in [-0.25, -0.2) is 0 Å². The number of carboxylic acids is 4. The molecule has 0 bridgehead atoms. The number of aliphatic carboxylic acids is 4. The minimum atomic E-state index is -1.67. The first-order chi connectivity index (χ1) is 46.3. The number of hydrogen-bond donors (Lipinski definition) is 4. The lowest BCUT2D eigenvalue weighted by molar-refractivity contribution is -0.145. The fraction of sp³-hybridized carbons (Fsp3) is 0.191. The van der Waals surface area contributed by atoms with E-state index in [1.54, 1.807) is 0 Å². The molecule has 0 amide bonds. The Balaban J connectivity index is 0.716. The van der Waals surface area contributed by atoms with Gasteiger partial charge in [-0.15, -0.1) is 0 Å². The van der Waals surface area contributed by atoms with Crippen molar-refractivity contribution in [2.24, 2.45) is 0 Å². The summed E-state index contributed by atoms with van der Waals surface area (Å²) < 4.78 is 0. The van der Waals surface area contributed by atoms with Gasteiger partial charge in [0.15, 0.2) is 0 Å². The Bertz CT molecular complexity index is 5450. The molecule has 97 heavy (non-hydrogen) atoms. The molecule has 8 heteroatoms. The van der Waals surface area contributed by atoms with Crippen LogP contribution < -0.4 is 0 Å². The second-order valence-corrected chi connectivity index (χ2v) is 30.3. The smallest absolute Gasteiger partial charge is 0.318 e. The van der Waals surface area contributed by atoms with Crippen LogP contribution in [0.2, 0.25) is 0 Å². The number of rotatable bonds is 12. The second kappa shape index (κ2) is 20.5. The zero-order valence-electron chi connectivity index (χ0n) is 55.4. The number of benzene rings is 14. The van der Waals surface area contributed by atoms with E-state index < -0.39 is 40.1 Å². The molecule has 3 aliphatic rings. The molecule has 14 aromatic carbocycles. The average Bonchev–Trinajstić information content (AvgIpc) is 1.41. The first kappa shape index (κ1) is 59.8. The van der Waals surface area contributed by atoms with Crippen LogP contribution in [-0.2, 0) is 46.3 Å². The van der Waals surface area contributed by atoms with Gasteiger partial charge in [-0.05, 0) is 247 Å². The number of fused-ring (bicyclic) bond motifs is 9. The highest BCUT2D eigenvalue weighted by atomic mass is 16.4. The maximum absolute atomic E-state index is 14.3. The van der Waals surface area contributed by atoms with E-state index in [4.69, 9.17) is 0 Å². The normalized spacial score (nSPS) is 16.7. The topological polar surface area (TPSA) is 149 Å². The summed E-state index contributed by atoms with van der Waals surface area (Å²) in [6, 6.07) is 72.2. The van der Waals surface area contributed by atoms with Crippen LogP contribution in [0.1, 0.15) is 126 Å². The Labute approximate surface area is 561 Å². The Hall–Kier alpha value is -11.0. The Morgan fingerprint density at radius 3 is 0.866 bits per heavy atom. The number of carboxylic acid groups (broad SMARTS) is 4. The highest BCUT2D eigenvalue weighted by molar-refractivity contribution is 6.27. The standard InChI is InChI=1S/C89H70O8/c1-85(2,3)59-37-55-11-9-47-13-23-61(69-31-21-57(39-59)79(55)81(47)69)53-19-29-67-65-27-17-51(43-73(65)88(83(94)95,75(67)45-53)35-33-77(90)91)49-15-25-63-64-26-16-50(42-72(64)87(7,8)71(63)41-49)52-18-28-66-68-30-20-54(46-76(68)89(84(96)97,74(66)44-52)36-34-78(92)93)62-24-14-48-10-12-56-38-60(86(4,5)6)40-58-22-32-70(62)82(48)80(56)58/h9-32,37-46H,33-36H2,1-8H3,(H,90,91)(H,92,93)(H,94,95)(H,96,97). The van der Waals surface area contributed by atoms with Crippen LogP contribution in [-0.4, -0.2) is 44.3 Å². The molecule has 0 radical (unpaired) electrons. The van der Waals surface area contributed by atoms with Crippen molar-refractivity contribution in [3.8, 4) is 77.9 Å². The lowest BCUT2D eigenvalue weighted by Crippen LogP contribution is -2.36. The van der Waals surface area contributed by atoms with E-state index in [0.29, 0.717) is 22.3 Å². The maximum atomic E-state index is 14.3. The van der Waals surface area contributed by atoms with Crippen LogP contribution in [0, 0.1) is 0 Å². The third-order valence-corrected chi connectivity index (χ3v) is 22.6. The molecular weight excluding hydrogens is 1200 g/mol. The van der Waals surface area contributed by atoms with E-state index in [2.05, 4.69) is 201 Å². The van der Waals surface area contributed by atoms with Crippen molar-refractivity contribution in [3.63, 3.8) is 0 Å². The molecule has 2 unspecified atom stereocenters. The maximum Gasteiger partial charge on any atom is 0.318 e. The fourth-order valence-electron chi connectivity index (χ4n) is 17.4. The largest absolute Gasteiger partial charge is 0.481 e. The van der Waals surface area contributed by atoms with Crippen molar-refractivity contribution in [2.75, 3.05) is 0 Å². The summed E-state index contributed by atoms with van der Waals surface area (Å²) in [4.78, 5) is 53.8. The lowest BCUT2D eigenvalue weighted by Gasteiger charge is -2.28. The summed E-state index contributed by atoms with van der Waals surface area (Å²) >= 11 is 0. The zero-order chi connectivity index (χ0) is 67.3. The van der Waals surface area contributed by atoms with Gasteiger partial charge in [-0.2, -0.15) is 0 Å². The fourth-order valence-corrected chi connectivity index (χ4v) is 17.4. The minimum absolute atomic E-state index is 0.0323. The Morgan fingerprint density at radius 1 is 0.299 bits per heavy atom. The van der Waals surface area contributed by atoms with Gasteiger partial charge in [0.25, 0.3) is 0 Å². The van der Waals surface area contributed by atoms with Crippen LogP contribution >= 0.6 is 0 Å². The van der Waals surface area contributed by atoms with Crippen molar-refractivity contribution >= 4 is 88.5 Å². The van der Waals surface area contributed by atoms with E-state index in [9.17, 15) is 39.6 Å². The molecule has 4 N–H and O–H groups in total. The first-order valence-corrected chi connectivity index (χ1v) is 33.6. The predicted octanol–water partition coefficient (Wildman–Crippen LogP) is 21.5. The number of hydrogen-bond acceptors (Lipinski definition) is 4. The molecule has 8 nitrogen and oxygen atoms in total. The van der Waals surface area contributed by atoms with Crippen molar-refractivity contribution in [1.29, 1.82) is 0 Å². The summed E-state index contributed by atoms with van der Waals surface area (Å²) in [5.41, 5.74) is 15.3. The molecule has 3 aliphatic carbocycles. The van der Waals surface area contributed by atoms with Gasteiger partial charge in [-0.3, -0.25) is 19.2 Å². The SMILES string of the molecule is CC(C)(C)c1cc2ccc3ccc(-c4ccc5c(c4)C(CCC(=O)O)(C(=O)O)c4cc(-c6ccc7c(c6)C(C)(C)c6cc(-c8ccc9c(c8)C(CCC(=O)O)(C(=O)O)c8cc(-c%10ccc%11ccc%12cc(C(C)(C)C)cc%13ccc%10c%11c%12%13)ccc8-9)ccc6-7)ccc4-5)c4ccc(c1)c2c34. The van der Waals surface area contributed by atoms with Crippen LogP contribution in [0.15, 0.2) is 206 Å². The average molecular weight is 1270 g/mol. The van der Waals surface area contributed by atoms with E-state index >= 15 is 0 Å². The van der Waals surface area contributed by atoms with Crippen molar-refractivity contribution < 1.29 is 39.6 Å². The molecule has 0 spiro atoms. The molecular formula is C89H70O8. The third-order valence-electron chi connectivity index (χ3n) is 22.6. The van der Waals surface area contributed by atoms with Gasteiger partial charge in [0, 0.05) is 18.3 Å². The van der Waals surface area contributed by atoms with Crippen LogP contribution in [0.4, 0.5) is 0 Å². The Kier molecular flexibility index (Phi) is 12.6. The van der Waals surface area contributed by atoms with E-state index in [1.807, 2.05) is 60.7 Å². The predicted molar refractivity (Wildman–Crippen MR) is 392 cm³/mol. The molecule has 14 aromatic rings. The van der Waals surface area contributed by atoms with E-state index in [-0.39, 0.29) is 36.5 Å². The molecule has 0 saturated heterocycles. The van der Waals surface area contributed by atoms with E-state index in [1.165, 1.54) is 43.4 Å². The quantitative estimate of drug-likeness (QED) is 0.0884. The van der Waals surface area contributed by atoms with Crippen molar-refractivity contribution in [1.82, 2.24) is 0 Å². The molecule has 0 fully saturated rings. The molecule has 0 saturated carbocycles. The summed E-state index contributed by atoms with van der Waals surface area (Å²) in [6.07, 6.45) is -0.991. The van der Waals surface area contributed by atoms with Gasteiger partial charge in [0.1, 0.15) is 10.8 Å². The lowest BCUT2D eigenvalue weighted by atomic mass is 9.73. The first-order valence-electron chi connectivity index (χ1n) is 33.6. The van der Waals surface area contributed by atoms with Gasteiger partial charge < -0.3 is 20.4 Å². The summed E-state index contributed by atoms with van der Waals surface area (Å²) in [5, 5.41) is 57.7. The summed E-state index contributed by atoms with van der Waals surface area (Å²) in [7, 11) is 0. The highest BCUT2D eigenvalue weighted by Crippen LogP contribution is 2.58. The summed E-state index contributed by atoms with van der Waals surface area (Å²) in [5.74, 6) is -4.34. The van der Waals surface area contributed by atoms with Crippen molar-refractivity contribution in [3.05, 3.63) is 251 Å². The molecule has 0 aliphatic heterocycles. The van der Waals surface area contributed by atoms with Crippen LogP contribution in [0.25, 0.3) is 143 Å². The van der Waals surface area contributed by atoms with Gasteiger partial charge >= 0.3 is 23.9 Å². The van der Waals surface area contributed by atoms with Gasteiger partial charge in [0.2, 0.25) is 0 Å². The van der Waals surface area contributed by atoms with E-state index in [0.717, 1.165) is 121 Å².